The molecule has 2 aliphatic rings. The number of hydrogen-bond donors (Lipinski definition) is 0. The largest absolute Gasteiger partial charge is 0.308 e. The van der Waals surface area contributed by atoms with Gasteiger partial charge < -0.3 is 4.40 Å². The molecule has 11 aromatic rings. The maximum atomic E-state index is 5.43. The van der Waals surface area contributed by atoms with Crippen LogP contribution in [-0.2, 0) is 0 Å². The molecule has 2 aliphatic heterocycles. The highest BCUT2D eigenvalue weighted by Gasteiger charge is 2.44. The average Bonchev–Trinajstić information content (AvgIpc) is 3.94. The van der Waals surface area contributed by atoms with E-state index in [1.165, 1.54) is 76.9 Å². The first-order valence-corrected chi connectivity index (χ1v) is 17.2. The van der Waals surface area contributed by atoms with Crippen molar-refractivity contribution in [2.75, 3.05) is 0 Å². The fourth-order valence-corrected chi connectivity index (χ4v) is 9.58. The summed E-state index contributed by atoms with van der Waals surface area (Å²) in [6, 6.07) is 52.7. The first kappa shape index (κ1) is 25.4. The lowest BCUT2D eigenvalue weighted by atomic mass is 9.34. The predicted octanol–water partition coefficient (Wildman–Crippen LogP) is 7.99. The van der Waals surface area contributed by atoms with Crippen molar-refractivity contribution in [1.29, 1.82) is 0 Å². The van der Waals surface area contributed by atoms with Crippen LogP contribution in [0.15, 0.2) is 146 Å². The molecular formula is C44H24BN5. The van der Waals surface area contributed by atoms with Gasteiger partial charge in [0.05, 0.1) is 50.0 Å². The van der Waals surface area contributed by atoms with E-state index in [1.807, 2.05) is 0 Å². The Labute approximate surface area is 285 Å². The van der Waals surface area contributed by atoms with E-state index >= 15 is 0 Å². The van der Waals surface area contributed by atoms with Gasteiger partial charge in [-0.2, -0.15) is 0 Å². The standard InChI is InChI=1S/C44H24BN5/c1-3-13-25(14-4-1)43-46-31-21-11-19-29-38(31)49(43)41-35-27-17-7-9-23-33(27)48-34-24-10-8-18-28(34)36(40(35)48)42-37(41)45(29)30-20-12-22-32-39(30)50(42)44(47-32)26-15-5-2-6-16-26/h1-24H. The van der Waals surface area contributed by atoms with Crippen LogP contribution in [0, 0.1) is 0 Å². The number of hydrogen-bond acceptors (Lipinski definition) is 2. The van der Waals surface area contributed by atoms with E-state index in [4.69, 9.17) is 9.97 Å². The van der Waals surface area contributed by atoms with Crippen LogP contribution in [0.1, 0.15) is 0 Å². The number of fused-ring (bicyclic) bond motifs is 12. The van der Waals surface area contributed by atoms with E-state index < -0.39 is 0 Å². The number of aromatic nitrogens is 5. The zero-order valence-corrected chi connectivity index (χ0v) is 26.7. The SMILES string of the molecule is c1ccc(-c2nc3cccc4c3n2-c2c3c(c5c6ccccc6n6c7ccccc7c2c56)-n2c(-c5ccccc5)nc5cccc(c52)B34)cc1. The highest BCUT2D eigenvalue weighted by atomic mass is 15.1. The summed E-state index contributed by atoms with van der Waals surface area (Å²) in [5, 5.41) is 5.07. The van der Waals surface area contributed by atoms with Gasteiger partial charge in [0.25, 0.3) is 6.71 Å². The molecule has 4 aromatic heterocycles. The molecule has 0 spiro atoms. The fourth-order valence-electron chi connectivity index (χ4n) is 9.58. The molecule has 0 fully saturated rings. The smallest absolute Gasteiger partial charge is 0.252 e. The molecule has 50 heavy (non-hydrogen) atoms. The molecule has 13 rings (SSSR count). The van der Waals surface area contributed by atoms with Crippen LogP contribution >= 0.6 is 0 Å². The Morgan fingerprint density at radius 2 is 0.880 bits per heavy atom. The summed E-state index contributed by atoms with van der Waals surface area (Å²) in [5.74, 6) is 1.93. The van der Waals surface area contributed by atoms with E-state index in [1.54, 1.807) is 0 Å². The minimum absolute atomic E-state index is 0.00331. The lowest BCUT2D eigenvalue weighted by molar-refractivity contribution is 1.09. The zero-order valence-electron chi connectivity index (χ0n) is 26.7. The third-order valence-corrected chi connectivity index (χ3v) is 11.3. The van der Waals surface area contributed by atoms with Crippen LogP contribution in [0.2, 0.25) is 0 Å². The average molecular weight is 634 g/mol. The Kier molecular flexibility index (Phi) is 4.40. The predicted molar refractivity (Wildman–Crippen MR) is 206 cm³/mol. The summed E-state index contributed by atoms with van der Waals surface area (Å²) >= 11 is 0. The molecule has 0 unspecified atom stereocenters. The maximum Gasteiger partial charge on any atom is 0.252 e. The van der Waals surface area contributed by atoms with Gasteiger partial charge in [-0.3, -0.25) is 9.13 Å². The summed E-state index contributed by atoms with van der Waals surface area (Å²) in [7, 11) is 0. The van der Waals surface area contributed by atoms with E-state index in [0.717, 1.165) is 33.8 Å². The minimum Gasteiger partial charge on any atom is -0.308 e. The highest BCUT2D eigenvalue weighted by molar-refractivity contribution is 7.00. The van der Waals surface area contributed by atoms with Crippen LogP contribution in [0.3, 0.4) is 0 Å². The number of benzene rings is 7. The summed E-state index contributed by atoms with van der Waals surface area (Å²) in [5.41, 5.74) is 16.6. The number of para-hydroxylation sites is 4. The second-order valence-corrected chi connectivity index (χ2v) is 13.7. The first-order valence-electron chi connectivity index (χ1n) is 17.2. The summed E-state index contributed by atoms with van der Waals surface area (Å²) in [4.78, 5) is 10.9. The molecule has 7 aromatic carbocycles. The first-order chi connectivity index (χ1) is 24.9. The van der Waals surface area contributed by atoms with E-state index in [2.05, 4.69) is 159 Å². The van der Waals surface area contributed by atoms with Gasteiger partial charge in [-0.05, 0) is 40.7 Å². The van der Waals surface area contributed by atoms with Crippen molar-refractivity contribution in [2.45, 2.75) is 0 Å². The molecule has 6 heteroatoms. The number of nitrogens with zero attached hydrogens (tertiary/aromatic N) is 5. The fraction of sp³-hybridized carbons (Fsp3) is 0. The third-order valence-electron chi connectivity index (χ3n) is 11.3. The molecule has 0 atom stereocenters. The highest BCUT2D eigenvalue weighted by Crippen LogP contribution is 2.48. The quantitative estimate of drug-likeness (QED) is 0.181. The summed E-state index contributed by atoms with van der Waals surface area (Å²) < 4.78 is 7.51. The van der Waals surface area contributed by atoms with Crippen molar-refractivity contribution >= 4 is 83.3 Å². The van der Waals surface area contributed by atoms with Crippen molar-refractivity contribution in [3.8, 4) is 34.2 Å². The van der Waals surface area contributed by atoms with Gasteiger partial charge in [0.1, 0.15) is 11.6 Å². The van der Waals surface area contributed by atoms with Gasteiger partial charge in [0.2, 0.25) is 0 Å². The second-order valence-electron chi connectivity index (χ2n) is 13.7. The molecule has 0 saturated carbocycles. The molecule has 228 valence electrons. The third kappa shape index (κ3) is 2.79. The van der Waals surface area contributed by atoms with Gasteiger partial charge in [0, 0.05) is 32.7 Å². The van der Waals surface area contributed by atoms with Crippen LogP contribution < -0.4 is 16.4 Å². The van der Waals surface area contributed by atoms with Crippen molar-refractivity contribution in [3.63, 3.8) is 0 Å². The zero-order chi connectivity index (χ0) is 32.2. The normalized spacial score (nSPS) is 13.2. The number of rotatable bonds is 2. The Morgan fingerprint density at radius 3 is 1.38 bits per heavy atom. The molecule has 0 aliphatic carbocycles. The van der Waals surface area contributed by atoms with E-state index in [-0.39, 0.29) is 6.71 Å². The molecule has 5 nitrogen and oxygen atoms in total. The van der Waals surface area contributed by atoms with Gasteiger partial charge in [0.15, 0.2) is 0 Å². The van der Waals surface area contributed by atoms with Crippen molar-refractivity contribution < 1.29 is 0 Å². The molecular weight excluding hydrogens is 609 g/mol. The molecule has 0 amide bonds. The Morgan fingerprint density at radius 1 is 0.420 bits per heavy atom. The minimum atomic E-state index is 0.00331. The van der Waals surface area contributed by atoms with E-state index in [9.17, 15) is 0 Å². The van der Waals surface area contributed by atoms with Crippen LogP contribution in [0.25, 0.3) is 94.3 Å². The maximum absolute atomic E-state index is 5.43. The van der Waals surface area contributed by atoms with Gasteiger partial charge in [-0.25, -0.2) is 9.97 Å². The van der Waals surface area contributed by atoms with Crippen LogP contribution in [-0.4, -0.2) is 30.2 Å². The van der Waals surface area contributed by atoms with Crippen molar-refractivity contribution in [3.05, 3.63) is 146 Å². The molecule has 0 saturated heterocycles. The lowest BCUT2D eigenvalue weighted by Gasteiger charge is -2.34. The van der Waals surface area contributed by atoms with E-state index in [0.29, 0.717) is 0 Å². The van der Waals surface area contributed by atoms with Crippen molar-refractivity contribution in [2.24, 2.45) is 0 Å². The topological polar surface area (TPSA) is 40.0 Å². The lowest BCUT2D eigenvalue weighted by Crippen LogP contribution is -2.59. The van der Waals surface area contributed by atoms with Crippen LogP contribution in [0.5, 0.6) is 0 Å². The van der Waals surface area contributed by atoms with Gasteiger partial charge in [-0.15, -0.1) is 0 Å². The summed E-state index contributed by atoms with van der Waals surface area (Å²) in [6.45, 7) is 0.00331. The second kappa shape index (κ2) is 8.68. The Balaban J connectivity index is 1.38. The molecule has 6 heterocycles. The van der Waals surface area contributed by atoms with Gasteiger partial charge >= 0.3 is 0 Å². The monoisotopic (exact) mass is 633 g/mol. The summed E-state index contributed by atoms with van der Waals surface area (Å²) in [6.07, 6.45) is 0. The van der Waals surface area contributed by atoms with Crippen molar-refractivity contribution in [1.82, 2.24) is 23.5 Å². The molecule has 0 N–H and O–H groups in total. The Bertz CT molecular complexity index is 3050. The van der Waals surface area contributed by atoms with Gasteiger partial charge in [-0.1, -0.05) is 121 Å². The van der Waals surface area contributed by atoms with Crippen LogP contribution in [0.4, 0.5) is 0 Å². The molecule has 0 radical (unpaired) electrons. The number of imidazole rings is 2. The molecule has 0 bridgehead atoms. The Hall–Kier alpha value is -6.66.